The Hall–Kier alpha value is -2.58. The van der Waals surface area contributed by atoms with E-state index in [-0.39, 0.29) is 10.8 Å². The molecule has 0 N–H and O–H groups in total. The normalized spacial score (nSPS) is 14.8. The number of hydrogen-bond donors (Lipinski definition) is 0. The van der Waals surface area contributed by atoms with E-state index in [1.807, 2.05) is 29.2 Å². The summed E-state index contributed by atoms with van der Waals surface area (Å²) in [6.45, 7) is 3.21. The van der Waals surface area contributed by atoms with E-state index in [9.17, 15) is 13.2 Å². The minimum atomic E-state index is -3.51. The van der Waals surface area contributed by atoms with Gasteiger partial charge in [0, 0.05) is 51.9 Å². The van der Waals surface area contributed by atoms with Crippen molar-refractivity contribution in [2.45, 2.75) is 17.7 Å². The summed E-state index contributed by atoms with van der Waals surface area (Å²) in [6, 6.07) is 16.3. The van der Waals surface area contributed by atoms with Gasteiger partial charge in [0.1, 0.15) is 5.75 Å². The third-order valence-corrected chi connectivity index (χ3v) is 7.26. The maximum atomic E-state index is 12.5. The maximum Gasteiger partial charge on any atom is 0.242 e. The van der Waals surface area contributed by atoms with E-state index in [4.69, 9.17) is 4.74 Å². The number of piperazine rings is 1. The van der Waals surface area contributed by atoms with Crippen molar-refractivity contribution in [2.75, 3.05) is 51.8 Å². The number of methoxy groups -OCH3 is 1. The first-order valence-corrected chi connectivity index (χ1v) is 11.5. The fourth-order valence-corrected chi connectivity index (χ4v) is 4.74. The van der Waals surface area contributed by atoms with Crippen molar-refractivity contribution >= 4 is 21.6 Å². The van der Waals surface area contributed by atoms with Crippen molar-refractivity contribution in [2.24, 2.45) is 0 Å². The van der Waals surface area contributed by atoms with Crippen LogP contribution < -0.4 is 9.64 Å². The lowest BCUT2D eigenvalue weighted by Gasteiger charge is -2.36. The molecule has 1 aliphatic rings. The Morgan fingerprint density at radius 2 is 1.63 bits per heavy atom. The third kappa shape index (κ3) is 5.31. The number of sulfonamides is 1. The van der Waals surface area contributed by atoms with Crippen molar-refractivity contribution in [3.63, 3.8) is 0 Å². The van der Waals surface area contributed by atoms with Gasteiger partial charge in [-0.3, -0.25) is 4.79 Å². The summed E-state index contributed by atoms with van der Waals surface area (Å²) < 4.78 is 31.6. The zero-order valence-corrected chi connectivity index (χ0v) is 18.3. The predicted molar refractivity (Wildman–Crippen MR) is 117 cm³/mol. The largest absolute Gasteiger partial charge is 0.497 e. The lowest BCUT2D eigenvalue weighted by Crippen LogP contribution is -2.48. The number of rotatable bonds is 8. The van der Waals surface area contributed by atoms with Crippen LogP contribution in [0.15, 0.2) is 59.5 Å². The van der Waals surface area contributed by atoms with Crippen LogP contribution in [0.2, 0.25) is 0 Å². The number of carbonyl (C=O) groups is 1. The maximum absolute atomic E-state index is 12.5. The predicted octanol–water partition coefficient (Wildman–Crippen LogP) is 2.44. The molecule has 7 nitrogen and oxygen atoms in total. The topological polar surface area (TPSA) is 70.2 Å². The second kappa shape index (κ2) is 9.95. The molecule has 1 saturated heterocycles. The quantitative estimate of drug-likeness (QED) is 0.642. The summed E-state index contributed by atoms with van der Waals surface area (Å²) >= 11 is 0. The van der Waals surface area contributed by atoms with Crippen LogP contribution in [0.4, 0.5) is 5.69 Å². The Kier molecular flexibility index (Phi) is 7.33. The minimum Gasteiger partial charge on any atom is -0.497 e. The molecule has 0 aliphatic carbocycles. The van der Waals surface area contributed by atoms with Crippen LogP contribution in [0.25, 0.3) is 0 Å². The molecule has 30 heavy (non-hydrogen) atoms. The Morgan fingerprint density at radius 1 is 1.00 bits per heavy atom. The molecule has 0 aromatic heterocycles. The molecule has 1 amide bonds. The van der Waals surface area contributed by atoms with E-state index < -0.39 is 10.0 Å². The molecular formula is C22H29N3O4S. The van der Waals surface area contributed by atoms with Crippen molar-refractivity contribution in [3.8, 4) is 5.75 Å². The molecule has 0 spiro atoms. The third-order valence-electron chi connectivity index (χ3n) is 5.38. The molecule has 1 heterocycles. The molecule has 0 saturated carbocycles. The van der Waals surface area contributed by atoms with Crippen LogP contribution in [0.5, 0.6) is 5.75 Å². The Balaban J connectivity index is 1.43. The number of anilines is 1. The van der Waals surface area contributed by atoms with E-state index in [0.29, 0.717) is 32.5 Å². The number of carbonyl (C=O) groups excluding carboxylic acids is 1. The summed E-state index contributed by atoms with van der Waals surface area (Å²) in [4.78, 5) is 16.9. The summed E-state index contributed by atoms with van der Waals surface area (Å²) in [5.41, 5.74) is 1.12. The molecule has 0 radical (unpaired) electrons. The molecule has 2 aromatic rings. The van der Waals surface area contributed by atoms with Crippen molar-refractivity contribution in [1.29, 1.82) is 0 Å². The van der Waals surface area contributed by atoms with Gasteiger partial charge in [0.25, 0.3) is 0 Å². The second-order valence-corrected chi connectivity index (χ2v) is 9.35. The van der Waals surface area contributed by atoms with Crippen molar-refractivity contribution in [3.05, 3.63) is 54.6 Å². The van der Waals surface area contributed by atoms with Gasteiger partial charge in [-0.05, 0) is 42.8 Å². The van der Waals surface area contributed by atoms with Crippen LogP contribution in [-0.4, -0.2) is 70.4 Å². The first-order valence-electron chi connectivity index (χ1n) is 10.1. The van der Waals surface area contributed by atoms with Crippen LogP contribution >= 0.6 is 0 Å². The molecule has 1 aliphatic heterocycles. The summed E-state index contributed by atoms with van der Waals surface area (Å²) in [5.74, 6) is 0.904. The Labute approximate surface area is 178 Å². The summed E-state index contributed by atoms with van der Waals surface area (Å²) in [5, 5.41) is 0. The molecule has 0 atom stereocenters. The van der Waals surface area contributed by atoms with Gasteiger partial charge in [-0.2, -0.15) is 0 Å². The Morgan fingerprint density at radius 3 is 2.23 bits per heavy atom. The summed E-state index contributed by atoms with van der Waals surface area (Å²) in [7, 11) is -0.309. The zero-order chi connectivity index (χ0) is 21.6. The standard InChI is InChI=1S/C22H29N3O4S/c1-23(30(27,28)21-7-4-3-5-8-21)14-6-9-22(26)25-17-15-24(16-18-25)19-10-12-20(29-2)13-11-19/h3-5,7-8,10-13H,6,9,14-18H2,1-2H3. The van der Waals surface area contributed by atoms with E-state index in [1.54, 1.807) is 44.5 Å². The van der Waals surface area contributed by atoms with Crippen LogP contribution in [0, 0.1) is 0 Å². The SMILES string of the molecule is COc1ccc(N2CCN(C(=O)CCCN(C)S(=O)(=O)c3ccccc3)CC2)cc1. The van der Waals surface area contributed by atoms with E-state index in [2.05, 4.69) is 4.90 Å². The lowest BCUT2D eigenvalue weighted by atomic mass is 10.2. The first-order chi connectivity index (χ1) is 14.4. The molecular weight excluding hydrogens is 402 g/mol. The molecule has 0 bridgehead atoms. The monoisotopic (exact) mass is 431 g/mol. The smallest absolute Gasteiger partial charge is 0.242 e. The molecule has 8 heteroatoms. The van der Waals surface area contributed by atoms with Crippen LogP contribution in [0.3, 0.4) is 0 Å². The summed E-state index contributed by atoms with van der Waals surface area (Å²) in [6.07, 6.45) is 0.845. The highest BCUT2D eigenvalue weighted by atomic mass is 32.2. The zero-order valence-electron chi connectivity index (χ0n) is 17.5. The van der Waals surface area contributed by atoms with Crippen molar-refractivity contribution < 1.29 is 17.9 Å². The van der Waals surface area contributed by atoms with E-state index >= 15 is 0 Å². The number of ether oxygens (including phenoxy) is 1. The van der Waals surface area contributed by atoms with Gasteiger partial charge in [0.2, 0.25) is 15.9 Å². The fourth-order valence-electron chi connectivity index (χ4n) is 3.51. The van der Waals surface area contributed by atoms with Gasteiger partial charge in [-0.15, -0.1) is 0 Å². The van der Waals surface area contributed by atoms with E-state index in [0.717, 1.165) is 24.5 Å². The highest BCUT2D eigenvalue weighted by Gasteiger charge is 2.23. The molecule has 162 valence electrons. The molecule has 3 rings (SSSR count). The van der Waals surface area contributed by atoms with Gasteiger partial charge >= 0.3 is 0 Å². The van der Waals surface area contributed by atoms with Gasteiger partial charge in [-0.25, -0.2) is 12.7 Å². The van der Waals surface area contributed by atoms with E-state index in [1.165, 1.54) is 4.31 Å². The van der Waals surface area contributed by atoms with Gasteiger partial charge in [-0.1, -0.05) is 18.2 Å². The molecule has 0 unspecified atom stereocenters. The average molecular weight is 432 g/mol. The van der Waals surface area contributed by atoms with Gasteiger partial charge in [0.15, 0.2) is 0 Å². The Bertz CT molecular complexity index is 925. The highest BCUT2D eigenvalue weighted by Crippen LogP contribution is 2.21. The van der Waals surface area contributed by atoms with Gasteiger partial charge in [0.05, 0.1) is 12.0 Å². The van der Waals surface area contributed by atoms with Crippen molar-refractivity contribution in [1.82, 2.24) is 9.21 Å². The molecule has 2 aromatic carbocycles. The first kappa shape index (κ1) is 22.1. The van der Waals surface area contributed by atoms with Crippen LogP contribution in [-0.2, 0) is 14.8 Å². The number of nitrogens with zero attached hydrogens (tertiary/aromatic N) is 3. The number of hydrogen-bond acceptors (Lipinski definition) is 5. The van der Waals surface area contributed by atoms with Gasteiger partial charge < -0.3 is 14.5 Å². The number of amides is 1. The lowest BCUT2D eigenvalue weighted by molar-refractivity contribution is -0.131. The average Bonchev–Trinajstić information content (AvgIpc) is 2.79. The second-order valence-electron chi connectivity index (χ2n) is 7.31. The van der Waals surface area contributed by atoms with Crippen LogP contribution in [0.1, 0.15) is 12.8 Å². The highest BCUT2D eigenvalue weighted by molar-refractivity contribution is 7.89. The fraction of sp³-hybridized carbons (Fsp3) is 0.409. The number of benzene rings is 2. The minimum absolute atomic E-state index is 0.0786. The molecule has 1 fully saturated rings.